The quantitative estimate of drug-likeness (QED) is 0.654. The van der Waals surface area contributed by atoms with Gasteiger partial charge in [-0.3, -0.25) is 4.79 Å². The van der Waals surface area contributed by atoms with Crippen LogP contribution in [0.15, 0.2) is 54.9 Å². The van der Waals surface area contributed by atoms with Gasteiger partial charge in [-0.05, 0) is 59.3 Å². The molecular formula is C18H16ClN5O3. The molecule has 0 spiro atoms. The van der Waals surface area contributed by atoms with Crippen molar-refractivity contribution in [1.29, 1.82) is 0 Å². The molecule has 3 aromatic rings. The third-order valence-electron chi connectivity index (χ3n) is 3.80. The first-order valence-corrected chi connectivity index (χ1v) is 8.46. The number of ether oxygens (including phenoxy) is 1. The van der Waals surface area contributed by atoms with Gasteiger partial charge in [0.1, 0.15) is 6.33 Å². The summed E-state index contributed by atoms with van der Waals surface area (Å²) in [6, 6.07) is 13.4. The Morgan fingerprint density at radius 3 is 2.48 bits per heavy atom. The molecule has 0 aliphatic rings. The maximum atomic E-state index is 12.1. The molecule has 3 rings (SSSR count). The van der Waals surface area contributed by atoms with E-state index in [-0.39, 0.29) is 12.6 Å². The third-order valence-corrected chi connectivity index (χ3v) is 4.05. The van der Waals surface area contributed by atoms with E-state index in [4.69, 9.17) is 16.3 Å². The van der Waals surface area contributed by atoms with Gasteiger partial charge in [0.05, 0.1) is 17.3 Å². The van der Waals surface area contributed by atoms with Gasteiger partial charge < -0.3 is 10.1 Å². The van der Waals surface area contributed by atoms with Gasteiger partial charge in [-0.15, -0.1) is 5.10 Å². The first kappa shape index (κ1) is 18.5. The van der Waals surface area contributed by atoms with Gasteiger partial charge in [-0.1, -0.05) is 23.7 Å². The van der Waals surface area contributed by atoms with E-state index in [0.29, 0.717) is 16.3 Å². The van der Waals surface area contributed by atoms with Crippen LogP contribution >= 0.6 is 11.6 Å². The van der Waals surface area contributed by atoms with Crippen LogP contribution in [0, 0.1) is 0 Å². The molecule has 0 bridgehead atoms. The Morgan fingerprint density at radius 1 is 1.15 bits per heavy atom. The molecule has 1 amide bonds. The van der Waals surface area contributed by atoms with E-state index < -0.39 is 11.9 Å². The van der Waals surface area contributed by atoms with Crippen molar-refractivity contribution in [3.63, 3.8) is 0 Å². The van der Waals surface area contributed by atoms with Gasteiger partial charge in [0.25, 0.3) is 5.91 Å². The Balaban J connectivity index is 1.51. The van der Waals surface area contributed by atoms with E-state index in [1.54, 1.807) is 36.4 Å². The lowest BCUT2D eigenvalue weighted by Crippen LogP contribution is -2.31. The van der Waals surface area contributed by atoms with Crippen molar-refractivity contribution in [2.24, 2.45) is 0 Å². The normalized spacial score (nSPS) is 11.6. The summed E-state index contributed by atoms with van der Waals surface area (Å²) >= 11 is 5.85. The fraction of sp³-hybridized carbons (Fsp3) is 0.167. The van der Waals surface area contributed by atoms with Crippen molar-refractivity contribution < 1.29 is 14.3 Å². The number of tetrazole rings is 1. The van der Waals surface area contributed by atoms with Crippen LogP contribution in [-0.4, -0.2) is 38.7 Å². The fourth-order valence-electron chi connectivity index (χ4n) is 2.36. The van der Waals surface area contributed by atoms with E-state index in [0.717, 1.165) is 5.56 Å². The summed E-state index contributed by atoms with van der Waals surface area (Å²) in [4.78, 5) is 24.1. The topological polar surface area (TPSA) is 99.0 Å². The number of hydrogen-bond acceptors (Lipinski definition) is 6. The van der Waals surface area contributed by atoms with Gasteiger partial charge >= 0.3 is 5.97 Å². The van der Waals surface area contributed by atoms with Crippen LogP contribution in [0.2, 0.25) is 5.02 Å². The van der Waals surface area contributed by atoms with Crippen molar-refractivity contribution in [3.8, 4) is 5.69 Å². The molecule has 27 heavy (non-hydrogen) atoms. The number of halogens is 1. The largest absolute Gasteiger partial charge is 0.452 e. The zero-order valence-corrected chi connectivity index (χ0v) is 15.1. The van der Waals surface area contributed by atoms with Crippen LogP contribution in [0.5, 0.6) is 0 Å². The zero-order chi connectivity index (χ0) is 19.2. The monoisotopic (exact) mass is 385 g/mol. The van der Waals surface area contributed by atoms with E-state index in [1.807, 2.05) is 19.1 Å². The maximum Gasteiger partial charge on any atom is 0.338 e. The summed E-state index contributed by atoms with van der Waals surface area (Å²) in [7, 11) is 0. The van der Waals surface area contributed by atoms with Crippen LogP contribution < -0.4 is 5.32 Å². The predicted molar refractivity (Wildman–Crippen MR) is 97.4 cm³/mol. The van der Waals surface area contributed by atoms with Crippen molar-refractivity contribution >= 4 is 23.5 Å². The first-order valence-electron chi connectivity index (χ1n) is 8.08. The number of rotatable bonds is 6. The van der Waals surface area contributed by atoms with Gasteiger partial charge in [0, 0.05) is 5.02 Å². The molecule has 0 unspecified atom stereocenters. The number of carbonyl (C=O) groups excluding carboxylic acids is 2. The number of hydrogen-bond donors (Lipinski definition) is 1. The summed E-state index contributed by atoms with van der Waals surface area (Å²) in [6.07, 6.45) is 1.44. The molecule has 9 heteroatoms. The third kappa shape index (κ3) is 4.89. The predicted octanol–water partition coefficient (Wildman–Crippen LogP) is 2.35. The van der Waals surface area contributed by atoms with E-state index in [1.165, 1.54) is 11.0 Å². The van der Waals surface area contributed by atoms with Gasteiger partial charge in [-0.2, -0.15) is 0 Å². The summed E-state index contributed by atoms with van der Waals surface area (Å²) in [6.45, 7) is 1.46. The second kappa shape index (κ2) is 8.41. The highest BCUT2D eigenvalue weighted by molar-refractivity contribution is 6.30. The van der Waals surface area contributed by atoms with Gasteiger partial charge in [-0.25, -0.2) is 9.48 Å². The lowest BCUT2D eigenvalue weighted by Gasteiger charge is -2.14. The first-order chi connectivity index (χ1) is 13.0. The Bertz CT molecular complexity index is 911. The highest BCUT2D eigenvalue weighted by Gasteiger charge is 2.13. The number of benzene rings is 2. The summed E-state index contributed by atoms with van der Waals surface area (Å²) in [5.74, 6) is -0.983. The summed E-state index contributed by atoms with van der Waals surface area (Å²) < 4.78 is 6.52. The molecule has 2 aromatic carbocycles. The molecule has 0 fully saturated rings. The molecule has 138 valence electrons. The molecule has 0 aliphatic carbocycles. The number of nitrogens with zero attached hydrogens (tertiary/aromatic N) is 4. The molecule has 0 radical (unpaired) electrons. The van der Waals surface area contributed by atoms with Crippen molar-refractivity contribution in [2.45, 2.75) is 13.0 Å². The smallest absolute Gasteiger partial charge is 0.338 e. The Labute approximate surface area is 160 Å². The van der Waals surface area contributed by atoms with Gasteiger partial charge in [0.15, 0.2) is 6.61 Å². The lowest BCUT2D eigenvalue weighted by molar-refractivity contribution is -0.124. The Kier molecular flexibility index (Phi) is 5.77. The highest BCUT2D eigenvalue weighted by atomic mass is 35.5. The molecule has 0 saturated carbocycles. The standard InChI is InChI=1S/C18H16ClN5O3/c1-12(13-2-6-15(19)7-3-13)21-17(25)10-27-18(26)14-4-8-16(9-5-14)24-11-20-22-23-24/h2-9,11-12H,10H2,1H3,(H,21,25)/t12-/m0/s1. The average Bonchev–Trinajstić information content (AvgIpc) is 3.21. The van der Waals surface area contributed by atoms with E-state index in [2.05, 4.69) is 20.8 Å². The zero-order valence-electron chi connectivity index (χ0n) is 14.4. The Hall–Kier alpha value is -3.26. The van der Waals surface area contributed by atoms with Crippen LogP contribution in [0.25, 0.3) is 5.69 Å². The van der Waals surface area contributed by atoms with Crippen molar-refractivity contribution in [3.05, 3.63) is 71.0 Å². The minimum Gasteiger partial charge on any atom is -0.452 e. The van der Waals surface area contributed by atoms with E-state index in [9.17, 15) is 9.59 Å². The molecule has 1 N–H and O–H groups in total. The highest BCUT2D eigenvalue weighted by Crippen LogP contribution is 2.16. The van der Waals surface area contributed by atoms with E-state index >= 15 is 0 Å². The fourth-order valence-corrected chi connectivity index (χ4v) is 2.49. The average molecular weight is 386 g/mol. The molecule has 8 nitrogen and oxygen atoms in total. The maximum absolute atomic E-state index is 12.1. The lowest BCUT2D eigenvalue weighted by atomic mass is 10.1. The SMILES string of the molecule is C[C@H](NC(=O)COC(=O)c1ccc(-n2cnnn2)cc1)c1ccc(Cl)cc1. The summed E-state index contributed by atoms with van der Waals surface area (Å²) in [5, 5.41) is 14.2. The molecule has 1 atom stereocenters. The molecule has 0 saturated heterocycles. The second-order valence-electron chi connectivity index (χ2n) is 5.72. The van der Waals surface area contributed by atoms with Crippen molar-refractivity contribution in [1.82, 2.24) is 25.5 Å². The minimum atomic E-state index is -0.590. The van der Waals surface area contributed by atoms with Crippen LogP contribution in [-0.2, 0) is 9.53 Å². The van der Waals surface area contributed by atoms with Crippen LogP contribution in [0.4, 0.5) is 0 Å². The number of aromatic nitrogens is 4. The minimum absolute atomic E-state index is 0.232. The number of esters is 1. The second-order valence-corrected chi connectivity index (χ2v) is 6.15. The number of amides is 1. The molecule has 1 aromatic heterocycles. The number of nitrogens with one attached hydrogen (secondary N) is 1. The molecule has 1 heterocycles. The molecule has 0 aliphatic heterocycles. The van der Waals surface area contributed by atoms with Gasteiger partial charge in [0.2, 0.25) is 0 Å². The molecular weight excluding hydrogens is 370 g/mol. The number of carbonyl (C=O) groups is 2. The Morgan fingerprint density at radius 2 is 1.85 bits per heavy atom. The van der Waals surface area contributed by atoms with Crippen molar-refractivity contribution in [2.75, 3.05) is 6.61 Å². The van der Waals surface area contributed by atoms with Crippen LogP contribution in [0.1, 0.15) is 28.9 Å². The summed E-state index contributed by atoms with van der Waals surface area (Å²) in [5.41, 5.74) is 1.92. The van der Waals surface area contributed by atoms with Crippen LogP contribution in [0.3, 0.4) is 0 Å².